The summed E-state index contributed by atoms with van der Waals surface area (Å²) in [6, 6.07) is 43.6. The van der Waals surface area contributed by atoms with E-state index in [9.17, 15) is 13.2 Å². The molecule has 2 aliphatic rings. The van der Waals surface area contributed by atoms with E-state index in [1.807, 2.05) is 19.2 Å². The van der Waals surface area contributed by atoms with Crippen molar-refractivity contribution in [1.82, 2.24) is 14.7 Å². The number of likely N-dealkylation sites (tertiary alicyclic amines) is 1. The predicted molar refractivity (Wildman–Crippen MR) is 213 cm³/mol. The lowest BCUT2D eigenvalue weighted by molar-refractivity contribution is -0.138. The van der Waals surface area contributed by atoms with Gasteiger partial charge in [-0.1, -0.05) is 91.1 Å². The van der Waals surface area contributed by atoms with E-state index in [1.54, 1.807) is 35.7 Å². The van der Waals surface area contributed by atoms with E-state index in [2.05, 4.69) is 124 Å². The standard InChI is InChI=1S/C44H47F3N4S2/c1-3-49-25-24-37(32-49)48(2)36-18-23-42(44(45,46)47)35(30-36)31-50-26-28-51(29-27-50)43(33-14-19-40(20-15-33)52-38-10-6-4-7-11-38)34-16-21-41(22-17-34)53-39-12-8-5-9-13-39/h4-23,30,37,43H,3,24-29,31-32H2,1-2H3. The minimum atomic E-state index is -4.40. The van der Waals surface area contributed by atoms with Gasteiger partial charge in [-0.2, -0.15) is 13.2 Å². The fourth-order valence-electron chi connectivity index (χ4n) is 7.55. The molecular formula is C44H47F3N4S2. The van der Waals surface area contributed by atoms with Gasteiger partial charge in [-0.05, 0) is 96.4 Å². The van der Waals surface area contributed by atoms with Crippen molar-refractivity contribution in [1.29, 1.82) is 0 Å². The Morgan fingerprint density at radius 2 is 1.19 bits per heavy atom. The maximum atomic E-state index is 14.3. The highest BCUT2D eigenvalue weighted by Gasteiger charge is 2.35. The molecule has 2 fully saturated rings. The number of alkyl halides is 3. The van der Waals surface area contributed by atoms with Gasteiger partial charge in [-0.3, -0.25) is 9.80 Å². The molecule has 0 bridgehead atoms. The second-order valence-corrected chi connectivity index (χ2v) is 16.3. The monoisotopic (exact) mass is 752 g/mol. The zero-order chi connectivity index (χ0) is 36.8. The highest BCUT2D eigenvalue weighted by Crippen LogP contribution is 2.38. The molecular weight excluding hydrogens is 706 g/mol. The molecule has 2 heterocycles. The number of rotatable bonds is 12. The highest BCUT2D eigenvalue weighted by molar-refractivity contribution is 7.99. The van der Waals surface area contributed by atoms with E-state index >= 15 is 0 Å². The predicted octanol–water partition coefficient (Wildman–Crippen LogP) is 10.4. The van der Waals surface area contributed by atoms with Crippen LogP contribution in [0.4, 0.5) is 18.9 Å². The van der Waals surface area contributed by atoms with E-state index in [1.165, 1.54) is 36.8 Å². The highest BCUT2D eigenvalue weighted by atomic mass is 32.2. The first kappa shape index (κ1) is 37.6. The molecule has 2 saturated heterocycles. The molecule has 5 aromatic carbocycles. The Labute approximate surface area is 321 Å². The Balaban J connectivity index is 1.09. The summed E-state index contributed by atoms with van der Waals surface area (Å²) in [6.07, 6.45) is -3.38. The van der Waals surface area contributed by atoms with Crippen molar-refractivity contribution in [3.05, 3.63) is 150 Å². The van der Waals surface area contributed by atoms with Gasteiger partial charge in [0.2, 0.25) is 0 Å². The molecule has 1 atom stereocenters. The van der Waals surface area contributed by atoms with Gasteiger partial charge < -0.3 is 9.80 Å². The molecule has 7 rings (SSSR count). The number of hydrogen-bond acceptors (Lipinski definition) is 6. The number of anilines is 1. The summed E-state index contributed by atoms with van der Waals surface area (Å²) >= 11 is 3.50. The Hall–Kier alpha value is -3.73. The van der Waals surface area contributed by atoms with Crippen LogP contribution >= 0.6 is 23.5 Å². The van der Waals surface area contributed by atoms with Gasteiger partial charge in [0.05, 0.1) is 11.6 Å². The van der Waals surface area contributed by atoms with Crippen LogP contribution in [0.5, 0.6) is 0 Å². The molecule has 276 valence electrons. The Morgan fingerprint density at radius 1 is 0.660 bits per heavy atom. The van der Waals surface area contributed by atoms with Gasteiger partial charge in [-0.15, -0.1) is 0 Å². The van der Waals surface area contributed by atoms with Gasteiger partial charge in [0, 0.05) is 84.2 Å². The number of hydrogen-bond donors (Lipinski definition) is 0. The van der Waals surface area contributed by atoms with Crippen LogP contribution in [-0.4, -0.2) is 73.6 Å². The third-order valence-corrected chi connectivity index (χ3v) is 12.6. The zero-order valence-corrected chi connectivity index (χ0v) is 32.0. The fourth-order valence-corrected chi connectivity index (χ4v) is 9.23. The zero-order valence-electron chi connectivity index (χ0n) is 30.4. The number of benzene rings is 5. The second kappa shape index (κ2) is 17.2. The summed E-state index contributed by atoms with van der Waals surface area (Å²) < 4.78 is 43.0. The van der Waals surface area contributed by atoms with Gasteiger partial charge >= 0.3 is 6.18 Å². The molecule has 9 heteroatoms. The SMILES string of the molecule is CCN1CCC(N(C)c2ccc(C(F)(F)F)c(CN3CCN(C(c4ccc(Sc5ccccc5)cc4)c4ccc(Sc5ccccc5)cc4)CC3)c2)C1. The Bertz CT molecular complexity index is 1810. The quantitative estimate of drug-likeness (QED) is 0.125. The van der Waals surface area contributed by atoms with Crippen molar-refractivity contribution < 1.29 is 13.2 Å². The average Bonchev–Trinajstić information content (AvgIpc) is 3.67. The molecule has 1 unspecified atom stereocenters. The maximum Gasteiger partial charge on any atom is 0.416 e. The van der Waals surface area contributed by atoms with E-state index in [-0.39, 0.29) is 12.6 Å². The maximum absolute atomic E-state index is 14.3. The topological polar surface area (TPSA) is 13.0 Å². The summed E-state index contributed by atoms with van der Waals surface area (Å²) in [4.78, 5) is 14.0. The van der Waals surface area contributed by atoms with Crippen molar-refractivity contribution in [2.45, 2.75) is 57.7 Å². The number of halogens is 3. The normalized spacial score (nSPS) is 17.4. The molecule has 0 saturated carbocycles. The summed E-state index contributed by atoms with van der Waals surface area (Å²) in [7, 11) is 2.02. The number of likely N-dealkylation sites (N-methyl/N-ethyl adjacent to an activating group) is 2. The molecule has 0 N–H and O–H groups in total. The van der Waals surface area contributed by atoms with Gasteiger partial charge in [0.1, 0.15) is 0 Å². The summed E-state index contributed by atoms with van der Waals surface area (Å²) in [5.41, 5.74) is 3.11. The third kappa shape index (κ3) is 9.51. The van der Waals surface area contributed by atoms with E-state index < -0.39 is 11.7 Å². The van der Waals surface area contributed by atoms with Crippen LogP contribution in [-0.2, 0) is 12.7 Å². The second-order valence-electron chi connectivity index (χ2n) is 14.0. The minimum absolute atomic E-state index is 0.0283. The van der Waals surface area contributed by atoms with Gasteiger partial charge in [-0.25, -0.2) is 0 Å². The first-order chi connectivity index (χ1) is 25.7. The lowest BCUT2D eigenvalue weighted by atomic mass is 9.96. The molecule has 2 aliphatic heterocycles. The van der Waals surface area contributed by atoms with Crippen molar-refractivity contribution in [3.63, 3.8) is 0 Å². The van der Waals surface area contributed by atoms with Crippen LogP contribution in [0.25, 0.3) is 0 Å². The van der Waals surface area contributed by atoms with Crippen LogP contribution in [0.2, 0.25) is 0 Å². The van der Waals surface area contributed by atoms with Gasteiger partial charge in [0.25, 0.3) is 0 Å². The first-order valence-corrected chi connectivity index (χ1v) is 20.1. The van der Waals surface area contributed by atoms with Crippen molar-refractivity contribution in [3.8, 4) is 0 Å². The molecule has 53 heavy (non-hydrogen) atoms. The molecule has 0 amide bonds. The largest absolute Gasteiger partial charge is 0.416 e. The molecule has 4 nitrogen and oxygen atoms in total. The lowest BCUT2D eigenvalue weighted by Crippen LogP contribution is -2.47. The van der Waals surface area contributed by atoms with Crippen LogP contribution in [0.1, 0.15) is 41.6 Å². The minimum Gasteiger partial charge on any atom is -0.370 e. The Morgan fingerprint density at radius 3 is 1.68 bits per heavy atom. The van der Waals surface area contributed by atoms with Crippen LogP contribution in [0, 0.1) is 0 Å². The summed E-state index contributed by atoms with van der Waals surface area (Å²) in [5, 5.41) is 0. The molecule has 0 radical (unpaired) electrons. The molecule has 0 aliphatic carbocycles. The van der Waals surface area contributed by atoms with Crippen LogP contribution in [0.3, 0.4) is 0 Å². The summed E-state index contributed by atoms with van der Waals surface area (Å²) in [5.74, 6) is 0. The van der Waals surface area contributed by atoms with Crippen molar-refractivity contribution in [2.24, 2.45) is 0 Å². The van der Waals surface area contributed by atoms with Gasteiger partial charge in [0.15, 0.2) is 0 Å². The smallest absolute Gasteiger partial charge is 0.370 e. The average molecular weight is 753 g/mol. The van der Waals surface area contributed by atoms with E-state index in [4.69, 9.17) is 0 Å². The summed E-state index contributed by atoms with van der Waals surface area (Å²) in [6.45, 7) is 8.27. The van der Waals surface area contributed by atoms with E-state index in [0.29, 0.717) is 24.7 Å². The van der Waals surface area contributed by atoms with Crippen LogP contribution < -0.4 is 4.90 Å². The Kier molecular flexibility index (Phi) is 12.2. The number of piperazine rings is 1. The third-order valence-electron chi connectivity index (χ3n) is 10.6. The van der Waals surface area contributed by atoms with Crippen LogP contribution in [0.15, 0.2) is 147 Å². The fraction of sp³-hybridized carbons (Fsp3) is 0.318. The first-order valence-electron chi connectivity index (χ1n) is 18.5. The molecule has 5 aromatic rings. The molecule has 0 aromatic heterocycles. The number of nitrogens with zero attached hydrogens (tertiary/aromatic N) is 4. The van der Waals surface area contributed by atoms with Crippen molar-refractivity contribution >= 4 is 29.2 Å². The van der Waals surface area contributed by atoms with Crippen molar-refractivity contribution in [2.75, 3.05) is 57.8 Å². The van der Waals surface area contributed by atoms with E-state index in [0.717, 1.165) is 44.8 Å². The molecule has 0 spiro atoms. The lowest BCUT2D eigenvalue weighted by Gasteiger charge is -2.40.